The van der Waals surface area contributed by atoms with Gasteiger partial charge in [-0.05, 0) is 42.0 Å². The summed E-state index contributed by atoms with van der Waals surface area (Å²) in [6.07, 6.45) is 1.95. The molecule has 90 valence electrons. The van der Waals surface area contributed by atoms with Crippen molar-refractivity contribution in [2.24, 2.45) is 5.73 Å². The van der Waals surface area contributed by atoms with Crippen molar-refractivity contribution in [2.45, 2.75) is 18.9 Å². The highest BCUT2D eigenvalue weighted by Crippen LogP contribution is 2.22. The van der Waals surface area contributed by atoms with E-state index in [9.17, 15) is 0 Å². The van der Waals surface area contributed by atoms with Crippen molar-refractivity contribution < 1.29 is 4.74 Å². The van der Waals surface area contributed by atoms with Crippen molar-refractivity contribution in [3.05, 3.63) is 52.2 Å². The van der Waals surface area contributed by atoms with Crippen molar-refractivity contribution >= 4 is 11.3 Å². The number of ether oxygens (including phenoxy) is 1. The van der Waals surface area contributed by atoms with E-state index < -0.39 is 0 Å². The Balaban J connectivity index is 1.93. The third-order valence-electron chi connectivity index (χ3n) is 2.79. The number of hydrogen-bond donors (Lipinski definition) is 1. The third kappa shape index (κ3) is 3.32. The number of benzene rings is 1. The average molecular weight is 247 g/mol. The van der Waals surface area contributed by atoms with E-state index in [0.717, 1.165) is 18.6 Å². The standard InChI is InChI=1S/C14H17NOS/c1-16-12-5-2-4-11(10-12)7-8-13(15)14-6-3-9-17-14/h2-6,9-10,13H,7-8,15H2,1H3. The smallest absolute Gasteiger partial charge is 0.119 e. The minimum absolute atomic E-state index is 0.140. The fraction of sp³-hybridized carbons (Fsp3) is 0.286. The van der Waals surface area contributed by atoms with Crippen molar-refractivity contribution in [1.82, 2.24) is 0 Å². The molecule has 0 radical (unpaired) electrons. The Labute approximate surface area is 106 Å². The normalized spacial score (nSPS) is 12.4. The van der Waals surface area contributed by atoms with Crippen LogP contribution in [0, 0.1) is 0 Å². The summed E-state index contributed by atoms with van der Waals surface area (Å²) in [4.78, 5) is 1.26. The minimum atomic E-state index is 0.140. The van der Waals surface area contributed by atoms with E-state index in [4.69, 9.17) is 10.5 Å². The van der Waals surface area contributed by atoms with Crippen LogP contribution in [0.5, 0.6) is 5.75 Å². The molecule has 1 atom stereocenters. The van der Waals surface area contributed by atoms with Crippen LogP contribution < -0.4 is 10.5 Å². The zero-order valence-corrected chi connectivity index (χ0v) is 10.7. The first-order valence-corrected chi connectivity index (χ1v) is 6.59. The second-order valence-corrected chi connectivity index (χ2v) is 4.99. The molecule has 1 heterocycles. The molecule has 1 aromatic carbocycles. The lowest BCUT2D eigenvalue weighted by atomic mass is 10.0. The number of thiophene rings is 1. The Morgan fingerprint density at radius 2 is 2.18 bits per heavy atom. The summed E-state index contributed by atoms with van der Waals surface area (Å²) in [6, 6.07) is 12.5. The van der Waals surface area contributed by atoms with E-state index >= 15 is 0 Å². The second kappa shape index (κ2) is 5.84. The highest BCUT2D eigenvalue weighted by molar-refractivity contribution is 7.10. The topological polar surface area (TPSA) is 35.2 Å². The highest BCUT2D eigenvalue weighted by atomic mass is 32.1. The van der Waals surface area contributed by atoms with Gasteiger partial charge in [-0.1, -0.05) is 18.2 Å². The maximum absolute atomic E-state index is 6.14. The molecule has 0 saturated carbocycles. The molecule has 0 saturated heterocycles. The minimum Gasteiger partial charge on any atom is -0.497 e. The fourth-order valence-electron chi connectivity index (χ4n) is 1.79. The molecule has 0 aliphatic heterocycles. The number of rotatable bonds is 5. The van der Waals surface area contributed by atoms with Crippen molar-refractivity contribution in [1.29, 1.82) is 0 Å². The lowest BCUT2D eigenvalue weighted by Crippen LogP contribution is -2.09. The molecule has 0 fully saturated rings. The van der Waals surface area contributed by atoms with E-state index in [1.165, 1.54) is 10.4 Å². The van der Waals surface area contributed by atoms with Crippen LogP contribution in [-0.2, 0) is 6.42 Å². The van der Waals surface area contributed by atoms with Gasteiger partial charge in [-0.15, -0.1) is 11.3 Å². The van der Waals surface area contributed by atoms with Gasteiger partial charge in [0, 0.05) is 10.9 Å². The lowest BCUT2D eigenvalue weighted by molar-refractivity contribution is 0.414. The SMILES string of the molecule is COc1cccc(CCC(N)c2cccs2)c1. The van der Waals surface area contributed by atoms with E-state index in [-0.39, 0.29) is 6.04 Å². The van der Waals surface area contributed by atoms with Crippen LogP contribution in [0.2, 0.25) is 0 Å². The predicted octanol–water partition coefficient (Wildman–Crippen LogP) is 3.39. The quantitative estimate of drug-likeness (QED) is 0.879. The van der Waals surface area contributed by atoms with Crippen LogP contribution >= 0.6 is 11.3 Å². The van der Waals surface area contributed by atoms with Crippen LogP contribution in [0.4, 0.5) is 0 Å². The van der Waals surface area contributed by atoms with Gasteiger partial charge >= 0.3 is 0 Å². The van der Waals surface area contributed by atoms with Gasteiger partial charge in [0.1, 0.15) is 5.75 Å². The summed E-state index contributed by atoms with van der Waals surface area (Å²) in [7, 11) is 1.69. The number of aryl methyl sites for hydroxylation is 1. The molecule has 0 amide bonds. The molecule has 3 heteroatoms. The van der Waals surface area contributed by atoms with Gasteiger partial charge in [-0.3, -0.25) is 0 Å². The van der Waals surface area contributed by atoms with Gasteiger partial charge in [0.25, 0.3) is 0 Å². The van der Waals surface area contributed by atoms with E-state index in [0.29, 0.717) is 0 Å². The van der Waals surface area contributed by atoms with Gasteiger partial charge in [0.05, 0.1) is 7.11 Å². The summed E-state index contributed by atoms with van der Waals surface area (Å²) in [6.45, 7) is 0. The molecule has 2 aromatic rings. The van der Waals surface area contributed by atoms with Crippen LogP contribution in [0.1, 0.15) is 22.9 Å². The zero-order valence-electron chi connectivity index (χ0n) is 9.93. The van der Waals surface area contributed by atoms with E-state index in [2.05, 4.69) is 23.6 Å². The van der Waals surface area contributed by atoms with Crippen molar-refractivity contribution in [2.75, 3.05) is 7.11 Å². The van der Waals surface area contributed by atoms with Crippen LogP contribution in [-0.4, -0.2) is 7.11 Å². The maximum Gasteiger partial charge on any atom is 0.119 e. The average Bonchev–Trinajstić information content (AvgIpc) is 2.90. The number of methoxy groups -OCH3 is 1. The largest absolute Gasteiger partial charge is 0.497 e. The number of hydrogen-bond acceptors (Lipinski definition) is 3. The zero-order chi connectivity index (χ0) is 12.1. The molecular formula is C14H17NOS. The van der Waals surface area contributed by atoms with Crippen LogP contribution in [0.3, 0.4) is 0 Å². The maximum atomic E-state index is 6.14. The second-order valence-electron chi connectivity index (χ2n) is 4.01. The monoisotopic (exact) mass is 247 g/mol. The molecule has 0 aliphatic rings. The van der Waals surface area contributed by atoms with Gasteiger partial charge < -0.3 is 10.5 Å². The third-order valence-corrected chi connectivity index (χ3v) is 3.79. The van der Waals surface area contributed by atoms with Crippen LogP contribution in [0.25, 0.3) is 0 Å². The molecule has 2 N–H and O–H groups in total. The van der Waals surface area contributed by atoms with Gasteiger partial charge in [-0.25, -0.2) is 0 Å². The number of nitrogens with two attached hydrogens (primary N) is 1. The molecule has 1 unspecified atom stereocenters. The Morgan fingerprint density at radius 1 is 1.29 bits per heavy atom. The molecule has 1 aromatic heterocycles. The summed E-state index contributed by atoms with van der Waals surface area (Å²) < 4.78 is 5.20. The van der Waals surface area contributed by atoms with Gasteiger partial charge in [0.15, 0.2) is 0 Å². The Kier molecular flexibility index (Phi) is 4.18. The first-order valence-electron chi connectivity index (χ1n) is 5.71. The molecule has 2 nitrogen and oxygen atoms in total. The highest BCUT2D eigenvalue weighted by Gasteiger charge is 2.07. The molecular weight excluding hydrogens is 230 g/mol. The lowest BCUT2D eigenvalue weighted by Gasteiger charge is -2.10. The summed E-state index contributed by atoms with van der Waals surface area (Å²) >= 11 is 1.72. The fourth-order valence-corrected chi connectivity index (χ4v) is 2.56. The molecule has 17 heavy (non-hydrogen) atoms. The Bertz CT molecular complexity index is 453. The molecule has 2 rings (SSSR count). The Hall–Kier alpha value is -1.32. The summed E-state index contributed by atoms with van der Waals surface area (Å²) in [5.74, 6) is 0.909. The van der Waals surface area contributed by atoms with E-state index in [1.807, 2.05) is 18.2 Å². The summed E-state index contributed by atoms with van der Waals surface area (Å²) in [5, 5.41) is 2.07. The van der Waals surface area contributed by atoms with Crippen LogP contribution in [0.15, 0.2) is 41.8 Å². The van der Waals surface area contributed by atoms with Gasteiger partial charge in [0.2, 0.25) is 0 Å². The first kappa shape index (κ1) is 12.1. The molecule has 0 bridgehead atoms. The Morgan fingerprint density at radius 3 is 2.88 bits per heavy atom. The van der Waals surface area contributed by atoms with Gasteiger partial charge in [-0.2, -0.15) is 0 Å². The van der Waals surface area contributed by atoms with Crippen molar-refractivity contribution in [3.8, 4) is 5.75 Å². The molecule has 0 aliphatic carbocycles. The predicted molar refractivity (Wildman–Crippen MR) is 72.6 cm³/mol. The van der Waals surface area contributed by atoms with Crippen molar-refractivity contribution in [3.63, 3.8) is 0 Å². The first-order chi connectivity index (χ1) is 8.29. The van der Waals surface area contributed by atoms with E-state index in [1.54, 1.807) is 18.4 Å². The summed E-state index contributed by atoms with van der Waals surface area (Å²) in [5.41, 5.74) is 7.41. The molecule has 0 spiro atoms.